The van der Waals surface area contributed by atoms with Crippen molar-refractivity contribution in [3.63, 3.8) is 0 Å². The summed E-state index contributed by atoms with van der Waals surface area (Å²) in [4.78, 5) is 18.7. The molecule has 0 radical (unpaired) electrons. The first-order valence-electron chi connectivity index (χ1n) is 10.4. The van der Waals surface area contributed by atoms with Crippen LogP contribution in [0.5, 0.6) is 0 Å². The van der Waals surface area contributed by atoms with Crippen molar-refractivity contribution in [3.8, 4) is 0 Å². The molecule has 1 aromatic carbocycles. The zero-order valence-corrected chi connectivity index (χ0v) is 20.7. The Morgan fingerprint density at radius 3 is 2.50 bits per heavy atom. The second-order valence-electron chi connectivity index (χ2n) is 7.49. The minimum absolute atomic E-state index is 0. The Labute approximate surface area is 196 Å². The summed E-state index contributed by atoms with van der Waals surface area (Å²) >= 11 is 0. The van der Waals surface area contributed by atoms with Crippen LogP contribution in [0.3, 0.4) is 0 Å². The molecule has 1 saturated heterocycles. The van der Waals surface area contributed by atoms with Crippen molar-refractivity contribution < 1.29 is 4.79 Å². The first kappa shape index (κ1) is 24.2. The number of guanidine groups is 1. The summed E-state index contributed by atoms with van der Waals surface area (Å²) in [5.41, 5.74) is 5.50. The summed E-state index contributed by atoms with van der Waals surface area (Å²) in [7, 11) is 1.96. The van der Waals surface area contributed by atoms with Crippen molar-refractivity contribution in [2.24, 2.45) is 12.0 Å². The molecule has 2 N–H and O–H groups in total. The van der Waals surface area contributed by atoms with E-state index in [1.54, 1.807) is 0 Å². The van der Waals surface area contributed by atoms with Crippen LogP contribution >= 0.6 is 24.0 Å². The smallest absolute Gasteiger partial charge is 0.226 e. The Bertz CT molecular complexity index is 874. The molecule has 0 spiro atoms. The Morgan fingerprint density at radius 1 is 1.17 bits per heavy atom. The summed E-state index contributed by atoms with van der Waals surface area (Å²) in [6.07, 6.45) is 2.73. The van der Waals surface area contributed by atoms with Crippen LogP contribution < -0.4 is 15.5 Å². The highest BCUT2D eigenvalue weighted by molar-refractivity contribution is 14.0. The third-order valence-corrected chi connectivity index (χ3v) is 5.43. The van der Waals surface area contributed by atoms with E-state index in [1.165, 1.54) is 5.56 Å². The first-order valence-corrected chi connectivity index (χ1v) is 10.4. The molecular formula is C22H33IN6O. The van der Waals surface area contributed by atoms with Gasteiger partial charge >= 0.3 is 0 Å². The van der Waals surface area contributed by atoms with Gasteiger partial charge in [0.15, 0.2) is 5.96 Å². The number of nitrogens with zero attached hydrogens (tertiary/aromatic N) is 4. The lowest BCUT2D eigenvalue weighted by Crippen LogP contribution is -2.37. The highest BCUT2D eigenvalue weighted by Gasteiger charge is 2.19. The molecule has 1 aromatic heterocycles. The van der Waals surface area contributed by atoms with Gasteiger partial charge in [-0.05, 0) is 51.3 Å². The molecule has 1 aliphatic heterocycles. The summed E-state index contributed by atoms with van der Waals surface area (Å²) < 4.78 is 1.91. The van der Waals surface area contributed by atoms with Crippen molar-refractivity contribution in [2.45, 2.75) is 53.1 Å². The van der Waals surface area contributed by atoms with Crippen LogP contribution in [-0.4, -0.2) is 34.7 Å². The molecule has 0 unspecified atom stereocenters. The molecule has 1 amide bonds. The molecule has 7 nitrogen and oxygen atoms in total. The van der Waals surface area contributed by atoms with Gasteiger partial charge in [-0.3, -0.25) is 9.48 Å². The second kappa shape index (κ2) is 11.3. The summed E-state index contributed by atoms with van der Waals surface area (Å²) in [6, 6.07) is 8.16. The maximum absolute atomic E-state index is 12.1. The molecule has 2 aromatic rings. The number of anilines is 1. The van der Waals surface area contributed by atoms with E-state index in [1.807, 2.05) is 35.7 Å². The predicted molar refractivity (Wildman–Crippen MR) is 132 cm³/mol. The van der Waals surface area contributed by atoms with Crippen LogP contribution in [0.4, 0.5) is 5.69 Å². The molecule has 1 fully saturated rings. The Kier molecular flexibility index (Phi) is 9.13. The number of halogens is 1. The second-order valence-corrected chi connectivity index (χ2v) is 7.49. The van der Waals surface area contributed by atoms with Gasteiger partial charge in [0, 0.05) is 50.0 Å². The van der Waals surface area contributed by atoms with Crippen LogP contribution in [0.2, 0.25) is 0 Å². The lowest BCUT2D eigenvalue weighted by Gasteiger charge is -2.26. The van der Waals surface area contributed by atoms with E-state index in [9.17, 15) is 4.79 Å². The normalized spacial score (nSPS) is 14.5. The fourth-order valence-electron chi connectivity index (χ4n) is 3.62. The molecule has 30 heavy (non-hydrogen) atoms. The maximum Gasteiger partial charge on any atom is 0.226 e. The molecule has 1 aliphatic rings. The maximum atomic E-state index is 12.1. The third kappa shape index (κ3) is 5.96. The molecule has 0 aliphatic carbocycles. The quantitative estimate of drug-likeness (QED) is 0.345. The van der Waals surface area contributed by atoms with Gasteiger partial charge in [-0.15, -0.1) is 24.0 Å². The number of piperidine rings is 1. The average Bonchev–Trinajstić information content (AvgIpc) is 2.96. The first-order chi connectivity index (χ1) is 14.0. The SMILES string of the molecule is CCNC(=NCc1ccc(N2CCCCC2=O)cc1)NCc1c(C)nn(C)c1C.I. The fourth-order valence-corrected chi connectivity index (χ4v) is 3.62. The van der Waals surface area contributed by atoms with E-state index in [2.05, 4.69) is 41.7 Å². The fraction of sp³-hybridized carbons (Fsp3) is 0.500. The standard InChI is InChI=1S/C22H32N6O.HI/c1-5-23-22(25-15-20-16(2)26-27(4)17(20)3)24-14-18-9-11-19(12-10-18)28-13-7-6-8-21(28)29;/h9-12H,5-8,13-15H2,1-4H3,(H2,23,24,25);1H. The predicted octanol–water partition coefficient (Wildman–Crippen LogP) is 3.43. The molecule has 164 valence electrons. The van der Waals surface area contributed by atoms with E-state index in [4.69, 9.17) is 4.99 Å². The van der Waals surface area contributed by atoms with Gasteiger partial charge in [-0.1, -0.05) is 12.1 Å². The van der Waals surface area contributed by atoms with E-state index in [0.29, 0.717) is 19.5 Å². The van der Waals surface area contributed by atoms with Gasteiger partial charge in [0.1, 0.15) is 0 Å². The lowest BCUT2D eigenvalue weighted by molar-refractivity contribution is -0.119. The van der Waals surface area contributed by atoms with E-state index < -0.39 is 0 Å². The topological polar surface area (TPSA) is 74.6 Å². The van der Waals surface area contributed by atoms with E-state index in [0.717, 1.165) is 54.5 Å². The molecule has 3 rings (SSSR count). The number of carbonyl (C=O) groups excluding carboxylic acids is 1. The number of amides is 1. The van der Waals surface area contributed by atoms with E-state index in [-0.39, 0.29) is 29.9 Å². The van der Waals surface area contributed by atoms with Gasteiger partial charge in [-0.2, -0.15) is 5.10 Å². The van der Waals surface area contributed by atoms with Crippen LogP contribution in [0.1, 0.15) is 48.7 Å². The third-order valence-electron chi connectivity index (χ3n) is 5.43. The van der Waals surface area contributed by atoms with Crippen molar-refractivity contribution in [2.75, 3.05) is 18.0 Å². The zero-order chi connectivity index (χ0) is 20.8. The van der Waals surface area contributed by atoms with Crippen molar-refractivity contribution in [3.05, 3.63) is 46.8 Å². The van der Waals surface area contributed by atoms with Crippen LogP contribution in [0, 0.1) is 13.8 Å². The van der Waals surface area contributed by atoms with Crippen LogP contribution in [0.25, 0.3) is 0 Å². The number of aliphatic imine (C=N–C) groups is 1. The van der Waals surface area contributed by atoms with Crippen molar-refractivity contribution in [1.82, 2.24) is 20.4 Å². The van der Waals surface area contributed by atoms with Gasteiger partial charge < -0.3 is 15.5 Å². The number of aromatic nitrogens is 2. The van der Waals surface area contributed by atoms with Crippen molar-refractivity contribution >= 4 is 41.5 Å². The molecule has 0 atom stereocenters. The molecule has 0 saturated carbocycles. The van der Waals surface area contributed by atoms with Crippen LogP contribution in [0.15, 0.2) is 29.3 Å². The monoisotopic (exact) mass is 524 g/mol. The molecule has 8 heteroatoms. The number of aryl methyl sites for hydroxylation is 2. The largest absolute Gasteiger partial charge is 0.357 e. The summed E-state index contributed by atoms with van der Waals surface area (Å²) in [5.74, 6) is 1.01. The molecular weight excluding hydrogens is 491 g/mol. The molecule has 2 heterocycles. The Hall–Kier alpha value is -2.10. The highest BCUT2D eigenvalue weighted by Crippen LogP contribution is 2.21. The van der Waals surface area contributed by atoms with Gasteiger partial charge in [0.25, 0.3) is 0 Å². The van der Waals surface area contributed by atoms with Gasteiger partial charge in [-0.25, -0.2) is 4.99 Å². The number of nitrogens with one attached hydrogen (secondary N) is 2. The number of carbonyl (C=O) groups is 1. The minimum atomic E-state index is 0. The summed E-state index contributed by atoms with van der Waals surface area (Å²) in [6.45, 7) is 9.05. The lowest BCUT2D eigenvalue weighted by atomic mass is 10.1. The molecule has 0 bridgehead atoms. The number of hydrogen-bond acceptors (Lipinski definition) is 3. The Morgan fingerprint density at radius 2 is 1.90 bits per heavy atom. The summed E-state index contributed by atoms with van der Waals surface area (Å²) in [5, 5.41) is 11.2. The zero-order valence-electron chi connectivity index (χ0n) is 18.4. The minimum Gasteiger partial charge on any atom is -0.357 e. The average molecular weight is 524 g/mol. The Balaban J connectivity index is 0.00000320. The van der Waals surface area contributed by atoms with Gasteiger partial charge in [0.2, 0.25) is 5.91 Å². The van der Waals surface area contributed by atoms with Gasteiger partial charge in [0.05, 0.1) is 12.2 Å². The number of benzene rings is 1. The highest BCUT2D eigenvalue weighted by atomic mass is 127. The number of hydrogen-bond donors (Lipinski definition) is 2. The van der Waals surface area contributed by atoms with E-state index >= 15 is 0 Å². The number of rotatable bonds is 6. The van der Waals surface area contributed by atoms with Crippen molar-refractivity contribution in [1.29, 1.82) is 0 Å². The van der Waals surface area contributed by atoms with Crippen LogP contribution in [-0.2, 0) is 24.9 Å².